The molecular weight excluding hydrogens is 231 g/mol. The molecule has 0 fully saturated rings. The summed E-state index contributed by atoms with van der Waals surface area (Å²) in [5.74, 6) is 0.117. The van der Waals surface area contributed by atoms with Crippen molar-refractivity contribution in [3.8, 4) is 0 Å². The van der Waals surface area contributed by atoms with Gasteiger partial charge in [-0.15, -0.1) is 0 Å². The van der Waals surface area contributed by atoms with Gasteiger partial charge in [0.15, 0.2) is 5.84 Å². The quantitative estimate of drug-likeness (QED) is 0.495. The second kappa shape index (κ2) is 5.93. The molecule has 92 valence electrons. The van der Waals surface area contributed by atoms with Crippen LogP contribution in [0.1, 0.15) is 11.1 Å². The van der Waals surface area contributed by atoms with Crippen molar-refractivity contribution < 1.29 is 9.60 Å². The van der Waals surface area contributed by atoms with Crippen molar-refractivity contribution in [3.05, 3.63) is 71.5 Å². The maximum Gasteiger partial charge on any atom is 0.152 e. The molecule has 0 atom stereocenters. The van der Waals surface area contributed by atoms with Gasteiger partial charge in [0.25, 0.3) is 0 Å². The predicted molar refractivity (Wildman–Crippen MR) is 68.0 cm³/mol. The fraction of sp³-hybridized carbons (Fsp3) is 0.0714. The first-order valence-corrected chi connectivity index (χ1v) is 5.54. The van der Waals surface area contributed by atoms with Gasteiger partial charge in [0.05, 0.1) is 6.54 Å². The molecule has 0 spiro atoms. The zero-order chi connectivity index (χ0) is 12.8. The number of halogens is 1. The van der Waals surface area contributed by atoms with Gasteiger partial charge in [0.1, 0.15) is 5.82 Å². The van der Waals surface area contributed by atoms with Crippen LogP contribution < -0.4 is 5.48 Å². The number of nitrogens with zero attached hydrogens (tertiary/aromatic N) is 1. The Morgan fingerprint density at radius 1 is 1.06 bits per heavy atom. The molecule has 0 aliphatic heterocycles. The molecule has 0 aromatic heterocycles. The van der Waals surface area contributed by atoms with E-state index in [2.05, 4.69) is 10.5 Å². The van der Waals surface area contributed by atoms with Gasteiger partial charge in [-0.3, -0.25) is 15.7 Å². The highest BCUT2D eigenvalue weighted by Gasteiger charge is 2.00. The van der Waals surface area contributed by atoms with Crippen LogP contribution in [-0.2, 0) is 6.54 Å². The summed E-state index contributed by atoms with van der Waals surface area (Å²) in [6, 6.07) is 15.4. The van der Waals surface area contributed by atoms with E-state index in [0.29, 0.717) is 12.4 Å². The molecule has 0 saturated carbocycles. The van der Waals surface area contributed by atoms with Crippen molar-refractivity contribution in [1.82, 2.24) is 5.48 Å². The molecule has 0 heterocycles. The molecule has 0 aliphatic rings. The van der Waals surface area contributed by atoms with Crippen LogP contribution in [-0.4, -0.2) is 11.0 Å². The van der Waals surface area contributed by atoms with Gasteiger partial charge in [-0.25, -0.2) is 4.39 Å². The van der Waals surface area contributed by atoms with E-state index >= 15 is 0 Å². The fourth-order valence-electron chi connectivity index (χ4n) is 1.55. The van der Waals surface area contributed by atoms with E-state index in [0.717, 1.165) is 11.1 Å². The predicted octanol–water partition coefficient (Wildman–Crippen LogP) is 2.75. The Labute approximate surface area is 105 Å². The third-order valence-electron chi connectivity index (χ3n) is 2.49. The summed E-state index contributed by atoms with van der Waals surface area (Å²) in [5, 5.41) is 9.06. The number of aliphatic imine (C=N–C) groups is 1. The minimum Gasteiger partial charge on any atom is -0.290 e. The van der Waals surface area contributed by atoms with Crippen molar-refractivity contribution in [3.63, 3.8) is 0 Å². The monoisotopic (exact) mass is 244 g/mol. The first-order valence-electron chi connectivity index (χ1n) is 5.54. The van der Waals surface area contributed by atoms with Crippen LogP contribution in [0.4, 0.5) is 4.39 Å². The summed E-state index contributed by atoms with van der Waals surface area (Å²) >= 11 is 0. The summed E-state index contributed by atoms with van der Waals surface area (Å²) in [5.41, 5.74) is 3.74. The Morgan fingerprint density at radius 2 is 1.72 bits per heavy atom. The van der Waals surface area contributed by atoms with Gasteiger partial charge in [0.2, 0.25) is 0 Å². The van der Waals surface area contributed by atoms with Crippen molar-refractivity contribution in [2.45, 2.75) is 6.54 Å². The van der Waals surface area contributed by atoms with Gasteiger partial charge in [-0.05, 0) is 17.7 Å². The molecule has 0 radical (unpaired) electrons. The van der Waals surface area contributed by atoms with Crippen LogP contribution in [0.2, 0.25) is 0 Å². The zero-order valence-corrected chi connectivity index (χ0v) is 9.68. The van der Waals surface area contributed by atoms with Gasteiger partial charge in [0, 0.05) is 5.56 Å². The molecule has 2 aromatic rings. The lowest BCUT2D eigenvalue weighted by Crippen LogP contribution is -2.20. The first-order chi connectivity index (χ1) is 8.79. The van der Waals surface area contributed by atoms with Crippen LogP contribution in [0, 0.1) is 5.82 Å². The Morgan fingerprint density at radius 3 is 2.33 bits per heavy atom. The van der Waals surface area contributed by atoms with E-state index in [4.69, 9.17) is 5.21 Å². The summed E-state index contributed by atoms with van der Waals surface area (Å²) in [6.45, 7) is 0.373. The molecule has 0 aliphatic carbocycles. The van der Waals surface area contributed by atoms with Gasteiger partial charge in [-0.1, -0.05) is 42.5 Å². The average molecular weight is 244 g/mol. The average Bonchev–Trinajstić information content (AvgIpc) is 2.43. The van der Waals surface area contributed by atoms with Crippen LogP contribution >= 0.6 is 0 Å². The van der Waals surface area contributed by atoms with Crippen molar-refractivity contribution in [2.24, 2.45) is 4.99 Å². The Hall–Kier alpha value is -2.20. The highest BCUT2D eigenvalue weighted by atomic mass is 19.1. The summed E-state index contributed by atoms with van der Waals surface area (Å²) in [4.78, 5) is 4.25. The number of amidine groups is 1. The molecule has 0 bridgehead atoms. The van der Waals surface area contributed by atoms with E-state index in [1.165, 1.54) is 12.1 Å². The molecule has 0 amide bonds. The molecule has 0 saturated heterocycles. The Kier molecular flexibility index (Phi) is 4.04. The van der Waals surface area contributed by atoms with Crippen LogP contribution in [0.15, 0.2) is 59.6 Å². The second-order valence-electron chi connectivity index (χ2n) is 3.77. The lowest BCUT2D eigenvalue weighted by atomic mass is 10.2. The summed E-state index contributed by atoms with van der Waals surface area (Å²) in [7, 11) is 0. The number of rotatable bonds is 3. The topological polar surface area (TPSA) is 44.6 Å². The van der Waals surface area contributed by atoms with Crippen LogP contribution in [0.3, 0.4) is 0 Å². The number of benzene rings is 2. The van der Waals surface area contributed by atoms with Crippen LogP contribution in [0.5, 0.6) is 0 Å². The number of hydrogen-bond acceptors (Lipinski definition) is 2. The number of nitrogens with one attached hydrogen (secondary N) is 1. The lowest BCUT2D eigenvalue weighted by molar-refractivity contribution is 0.234. The van der Waals surface area contributed by atoms with Crippen molar-refractivity contribution in [2.75, 3.05) is 0 Å². The highest BCUT2D eigenvalue weighted by Crippen LogP contribution is 2.06. The molecular formula is C14H13FN2O. The minimum absolute atomic E-state index is 0.272. The second-order valence-corrected chi connectivity index (χ2v) is 3.77. The molecule has 0 unspecified atom stereocenters. The van der Waals surface area contributed by atoms with Crippen LogP contribution in [0.25, 0.3) is 0 Å². The molecule has 2 N–H and O–H groups in total. The Balaban J connectivity index is 2.14. The van der Waals surface area contributed by atoms with Crippen molar-refractivity contribution in [1.29, 1.82) is 0 Å². The van der Waals surface area contributed by atoms with E-state index in [9.17, 15) is 4.39 Å². The zero-order valence-electron chi connectivity index (χ0n) is 9.68. The maximum absolute atomic E-state index is 12.7. The van der Waals surface area contributed by atoms with Gasteiger partial charge in [-0.2, -0.15) is 0 Å². The van der Waals surface area contributed by atoms with E-state index < -0.39 is 0 Å². The van der Waals surface area contributed by atoms with E-state index in [1.807, 2.05) is 30.3 Å². The highest BCUT2D eigenvalue weighted by molar-refractivity contribution is 5.97. The van der Waals surface area contributed by atoms with Gasteiger partial charge >= 0.3 is 0 Å². The largest absolute Gasteiger partial charge is 0.290 e. The molecule has 2 rings (SSSR count). The molecule has 2 aromatic carbocycles. The van der Waals surface area contributed by atoms with E-state index in [1.54, 1.807) is 12.1 Å². The van der Waals surface area contributed by atoms with E-state index in [-0.39, 0.29) is 5.82 Å². The van der Waals surface area contributed by atoms with Gasteiger partial charge < -0.3 is 0 Å². The fourth-order valence-corrected chi connectivity index (χ4v) is 1.55. The summed E-state index contributed by atoms with van der Waals surface area (Å²) < 4.78 is 12.7. The first kappa shape index (κ1) is 12.3. The third-order valence-corrected chi connectivity index (χ3v) is 2.49. The maximum atomic E-state index is 12.7. The minimum atomic E-state index is -0.272. The normalized spacial score (nSPS) is 11.3. The smallest absolute Gasteiger partial charge is 0.152 e. The standard InChI is InChI=1S/C14H13FN2O/c15-13-8-6-11(7-9-13)10-16-14(17-18)12-4-2-1-3-5-12/h1-9,18H,10H2,(H,16,17). The SMILES string of the molecule is ONC(=NCc1ccc(F)cc1)c1ccccc1. The molecule has 4 heteroatoms. The third kappa shape index (κ3) is 3.15. The number of hydroxylamine groups is 1. The lowest BCUT2D eigenvalue weighted by Gasteiger charge is -2.05. The summed E-state index contributed by atoms with van der Waals surface area (Å²) in [6.07, 6.45) is 0. The molecule has 3 nitrogen and oxygen atoms in total. The number of hydrogen-bond donors (Lipinski definition) is 2. The Bertz CT molecular complexity index is 523. The molecule has 18 heavy (non-hydrogen) atoms. The van der Waals surface area contributed by atoms with Crippen molar-refractivity contribution >= 4 is 5.84 Å².